The number of ketones is 2. The van der Waals surface area contributed by atoms with Gasteiger partial charge < -0.3 is 5.32 Å². The van der Waals surface area contributed by atoms with E-state index in [0.29, 0.717) is 11.1 Å². The second-order valence-corrected chi connectivity index (χ2v) is 5.99. The van der Waals surface area contributed by atoms with Crippen molar-refractivity contribution in [2.24, 2.45) is 5.92 Å². The lowest BCUT2D eigenvalue weighted by Crippen LogP contribution is -2.46. The van der Waals surface area contributed by atoms with Crippen LogP contribution in [0.25, 0.3) is 0 Å². The van der Waals surface area contributed by atoms with E-state index in [9.17, 15) is 19.7 Å². The monoisotopic (exact) mass is 316 g/mol. The molecule has 0 spiro atoms. The third kappa shape index (κ3) is 3.16. The third-order valence-electron chi connectivity index (χ3n) is 4.35. The number of benzene rings is 1. The molecule has 0 aromatic heterocycles. The Bertz CT molecular complexity index is 708. The number of nitrogens with zero attached hydrogens (tertiary/aromatic N) is 1. The number of rotatable bonds is 4. The minimum absolute atomic E-state index is 0.0449. The van der Waals surface area contributed by atoms with Gasteiger partial charge in [0, 0.05) is 41.3 Å². The molecule has 1 N–H and O–H groups in total. The van der Waals surface area contributed by atoms with Gasteiger partial charge in [0.05, 0.1) is 4.92 Å². The van der Waals surface area contributed by atoms with Crippen LogP contribution in [0.5, 0.6) is 0 Å². The number of hydrogen-bond donors (Lipinski definition) is 1. The quantitative estimate of drug-likeness (QED) is 0.681. The number of carbonyl (C=O) groups is 2. The van der Waals surface area contributed by atoms with Crippen molar-refractivity contribution in [2.75, 3.05) is 0 Å². The van der Waals surface area contributed by atoms with Gasteiger partial charge in [0.15, 0.2) is 5.78 Å². The number of hydrogen-bond acceptors (Lipinski definition) is 5. The molecule has 0 amide bonds. The SMILES string of the molecule is CC(=O)C1=C(C)N[C@H](C)[C@@H](C(C)=O)[C@@H]1c1cccc([N+](=O)[O-])c1. The Morgan fingerprint density at radius 2 is 1.91 bits per heavy atom. The number of nitro benzene ring substituents is 1. The standard InChI is InChI=1S/C17H20N2O4/c1-9-15(11(3)20)17(16(12(4)21)10(2)18-9)13-6-5-7-14(8-13)19(22)23/h5-9,15,17-18H,1-4H3/t9-,15+,17+/m1/s1. The van der Waals surface area contributed by atoms with Crippen LogP contribution in [0.15, 0.2) is 35.5 Å². The van der Waals surface area contributed by atoms with Gasteiger partial charge in [-0.15, -0.1) is 0 Å². The van der Waals surface area contributed by atoms with E-state index in [0.717, 1.165) is 5.70 Å². The molecule has 6 heteroatoms. The van der Waals surface area contributed by atoms with Crippen molar-refractivity contribution in [1.29, 1.82) is 0 Å². The van der Waals surface area contributed by atoms with Crippen LogP contribution in [0.2, 0.25) is 0 Å². The first-order chi connectivity index (χ1) is 10.7. The van der Waals surface area contributed by atoms with E-state index in [1.54, 1.807) is 19.1 Å². The normalized spacial score (nSPS) is 24.1. The molecule has 23 heavy (non-hydrogen) atoms. The van der Waals surface area contributed by atoms with Crippen LogP contribution in [-0.2, 0) is 9.59 Å². The maximum Gasteiger partial charge on any atom is 0.269 e. The first-order valence-electron chi connectivity index (χ1n) is 7.47. The van der Waals surface area contributed by atoms with Gasteiger partial charge in [0.25, 0.3) is 5.69 Å². The van der Waals surface area contributed by atoms with Crippen LogP contribution in [0.4, 0.5) is 5.69 Å². The predicted octanol–water partition coefficient (Wildman–Crippen LogP) is 2.74. The van der Waals surface area contributed by atoms with Crippen LogP contribution < -0.4 is 5.32 Å². The summed E-state index contributed by atoms with van der Waals surface area (Å²) in [7, 11) is 0. The van der Waals surface area contributed by atoms with Gasteiger partial charge in [-0.05, 0) is 33.3 Å². The molecule has 0 unspecified atom stereocenters. The molecule has 6 nitrogen and oxygen atoms in total. The molecule has 122 valence electrons. The van der Waals surface area contributed by atoms with Crippen molar-refractivity contribution in [3.63, 3.8) is 0 Å². The number of nitro groups is 1. The fourth-order valence-electron chi connectivity index (χ4n) is 3.49. The Morgan fingerprint density at radius 1 is 1.26 bits per heavy atom. The van der Waals surface area contributed by atoms with E-state index in [2.05, 4.69) is 5.32 Å². The Hall–Kier alpha value is -2.50. The molecule has 2 rings (SSSR count). The van der Waals surface area contributed by atoms with Crippen LogP contribution in [0.1, 0.15) is 39.2 Å². The molecule has 0 fully saturated rings. The number of nitrogens with one attached hydrogen (secondary N) is 1. The lowest BCUT2D eigenvalue weighted by molar-refractivity contribution is -0.384. The van der Waals surface area contributed by atoms with E-state index in [1.165, 1.54) is 26.0 Å². The van der Waals surface area contributed by atoms with Gasteiger partial charge in [-0.3, -0.25) is 19.7 Å². The van der Waals surface area contributed by atoms with Crippen LogP contribution in [-0.4, -0.2) is 22.5 Å². The van der Waals surface area contributed by atoms with E-state index >= 15 is 0 Å². The van der Waals surface area contributed by atoms with E-state index in [1.807, 2.05) is 6.92 Å². The summed E-state index contributed by atoms with van der Waals surface area (Å²) in [5.41, 5.74) is 1.82. The second-order valence-electron chi connectivity index (χ2n) is 5.99. The zero-order chi connectivity index (χ0) is 17.3. The largest absolute Gasteiger partial charge is 0.385 e. The lowest BCUT2D eigenvalue weighted by Gasteiger charge is -2.38. The molecule has 0 bridgehead atoms. The van der Waals surface area contributed by atoms with Gasteiger partial charge in [0.2, 0.25) is 0 Å². The highest BCUT2D eigenvalue weighted by atomic mass is 16.6. The maximum atomic E-state index is 12.2. The van der Waals surface area contributed by atoms with Crippen LogP contribution in [0, 0.1) is 16.0 Å². The summed E-state index contributed by atoms with van der Waals surface area (Å²) in [6.07, 6.45) is 0. The highest BCUT2D eigenvalue weighted by Gasteiger charge is 2.40. The van der Waals surface area contributed by atoms with E-state index in [4.69, 9.17) is 0 Å². The van der Waals surface area contributed by atoms with Crippen molar-refractivity contribution in [3.05, 3.63) is 51.2 Å². The summed E-state index contributed by atoms with van der Waals surface area (Å²) in [6, 6.07) is 6.03. The molecule has 0 saturated carbocycles. The van der Waals surface area contributed by atoms with Crippen molar-refractivity contribution in [2.45, 2.75) is 39.7 Å². The highest BCUT2D eigenvalue weighted by Crippen LogP contribution is 2.40. The third-order valence-corrected chi connectivity index (χ3v) is 4.35. The molecule has 1 aromatic carbocycles. The fourth-order valence-corrected chi connectivity index (χ4v) is 3.49. The Balaban J connectivity index is 2.67. The average Bonchev–Trinajstić information content (AvgIpc) is 2.45. The predicted molar refractivity (Wildman–Crippen MR) is 86.0 cm³/mol. The van der Waals surface area contributed by atoms with Crippen molar-refractivity contribution < 1.29 is 14.5 Å². The molecule has 1 aliphatic rings. The minimum atomic E-state index is -0.471. The van der Waals surface area contributed by atoms with E-state index < -0.39 is 16.8 Å². The van der Waals surface area contributed by atoms with Crippen molar-refractivity contribution in [1.82, 2.24) is 5.32 Å². The van der Waals surface area contributed by atoms with Gasteiger partial charge >= 0.3 is 0 Å². The molecular formula is C17H20N2O4. The Morgan fingerprint density at radius 3 is 2.43 bits per heavy atom. The topological polar surface area (TPSA) is 89.3 Å². The molecule has 1 heterocycles. The smallest absolute Gasteiger partial charge is 0.269 e. The van der Waals surface area contributed by atoms with Crippen molar-refractivity contribution in [3.8, 4) is 0 Å². The molecule has 0 radical (unpaired) electrons. The number of carbonyl (C=O) groups excluding carboxylic acids is 2. The van der Waals surface area contributed by atoms with Gasteiger partial charge in [-0.25, -0.2) is 0 Å². The Kier molecular flexibility index (Phi) is 4.63. The number of non-ortho nitro benzene ring substituents is 1. The molecule has 1 aromatic rings. The average molecular weight is 316 g/mol. The highest BCUT2D eigenvalue weighted by molar-refractivity contribution is 5.97. The summed E-state index contributed by atoms with van der Waals surface area (Å²) >= 11 is 0. The van der Waals surface area contributed by atoms with Crippen molar-refractivity contribution >= 4 is 17.3 Å². The molecule has 0 saturated heterocycles. The fraction of sp³-hybridized carbons (Fsp3) is 0.412. The van der Waals surface area contributed by atoms with Crippen LogP contribution in [0.3, 0.4) is 0 Å². The zero-order valence-electron chi connectivity index (χ0n) is 13.6. The molecule has 0 aliphatic carbocycles. The summed E-state index contributed by atoms with van der Waals surface area (Å²) in [5, 5.41) is 14.2. The van der Waals surface area contributed by atoms with Crippen LogP contribution >= 0.6 is 0 Å². The zero-order valence-corrected chi connectivity index (χ0v) is 13.6. The second kappa shape index (κ2) is 6.32. The first kappa shape index (κ1) is 16.9. The molecule has 1 aliphatic heterocycles. The number of Topliss-reactive ketones (excluding diaryl/α,β-unsaturated/α-hetero) is 2. The summed E-state index contributed by atoms with van der Waals surface area (Å²) < 4.78 is 0. The summed E-state index contributed by atoms with van der Waals surface area (Å²) in [5.74, 6) is -1.10. The van der Waals surface area contributed by atoms with Gasteiger partial charge in [0.1, 0.15) is 5.78 Å². The molecule has 3 atom stereocenters. The number of allylic oxidation sites excluding steroid dienone is 2. The first-order valence-corrected chi connectivity index (χ1v) is 7.47. The summed E-state index contributed by atoms with van der Waals surface area (Å²) in [6.45, 7) is 6.63. The molecular weight excluding hydrogens is 296 g/mol. The Labute approximate surface area is 134 Å². The minimum Gasteiger partial charge on any atom is -0.385 e. The van der Waals surface area contributed by atoms with Gasteiger partial charge in [-0.2, -0.15) is 0 Å². The van der Waals surface area contributed by atoms with Gasteiger partial charge in [-0.1, -0.05) is 12.1 Å². The summed E-state index contributed by atoms with van der Waals surface area (Å²) in [4.78, 5) is 34.9. The lowest BCUT2D eigenvalue weighted by atomic mass is 9.71. The maximum absolute atomic E-state index is 12.2. The van der Waals surface area contributed by atoms with E-state index in [-0.39, 0.29) is 23.3 Å².